The van der Waals surface area contributed by atoms with Crippen LogP contribution in [0.1, 0.15) is 31.2 Å². The van der Waals surface area contributed by atoms with Gasteiger partial charge in [-0.05, 0) is 43.2 Å². The fraction of sp³-hybridized carbons (Fsp3) is 0.500. The fourth-order valence-electron chi connectivity index (χ4n) is 5.72. The highest BCUT2D eigenvalue weighted by Gasteiger charge is 2.61. The summed E-state index contributed by atoms with van der Waals surface area (Å²) in [6.45, 7) is 0.512. The quantitative estimate of drug-likeness (QED) is 0.649. The van der Waals surface area contributed by atoms with Gasteiger partial charge in [-0.25, -0.2) is 17.5 Å². The van der Waals surface area contributed by atoms with Crippen molar-refractivity contribution in [2.75, 3.05) is 19.9 Å². The van der Waals surface area contributed by atoms with Gasteiger partial charge in [-0.15, -0.1) is 0 Å². The fourth-order valence-corrected chi connectivity index (χ4v) is 6.59. The summed E-state index contributed by atoms with van der Waals surface area (Å²) in [5, 5.41) is 0. The number of rotatable bonds is 7. The number of sulfonamides is 1. The summed E-state index contributed by atoms with van der Waals surface area (Å²) in [6, 6.07) is 15.1. The summed E-state index contributed by atoms with van der Waals surface area (Å²) in [5.41, 5.74) is 2.65. The second-order valence-corrected chi connectivity index (χ2v) is 11.9. The highest BCUT2D eigenvalue weighted by Crippen LogP contribution is 2.56. The normalized spacial score (nSPS) is 27.4. The second-order valence-electron chi connectivity index (χ2n) is 10.1. The molecule has 2 atom stereocenters. The van der Waals surface area contributed by atoms with Gasteiger partial charge in [0.05, 0.1) is 19.4 Å². The van der Waals surface area contributed by atoms with Gasteiger partial charge in [0.25, 0.3) is 0 Å². The van der Waals surface area contributed by atoms with Crippen molar-refractivity contribution < 1.29 is 22.3 Å². The minimum absolute atomic E-state index is 0.0545. The average Bonchev–Trinajstić information content (AvgIpc) is 3.52. The molecule has 182 valence electrons. The van der Waals surface area contributed by atoms with Crippen molar-refractivity contribution in [2.45, 2.75) is 50.4 Å². The van der Waals surface area contributed by atoms with Gasteiger partial charge >= 0.3 is 0 Å². The number of likely N-dealkylation sites (tertiary alicyclic amines) is 1. The lowest BCUT2D eigenvalue weighted by molar-refractivity contribution is -0.141. The Bertz CT molecular complexity index is 1180. The van der Waals surface area contributed by atoms with E-state index in [1.807, 2.05) is 53.4 Å². The molecule has 3 fully saturated rings. The molecular formula is C26H31FN2O4S. The molecule has 2 aromatic rings. The van der Waals surface area contributed by atoms with Gasteiger partial charge in [0.15, 0.2) is 0 Å². The number of para-hydroxylation sites is 1. The minimum atomic E-state index is -3.48. The zero-order valence-electron chi connectivity index (χ0n) is 19.5. The van der Waals surface area contributed by atoms with E-state index < -0.39 is 16.2 Å². The first kappa shape index (κ1) is 23.3. The van der Waals surface area contributed by atoms with Crippen molar-refractivity contribution in [3.05, 3.63) is 54.1 Å². The maximum atomic E-state index is 13.5. The van der Waals surface area contributed by atoms with Crippen LogP contribution in [0.25, 0.3) is 11.1 Å². The Morgan fingerprint density at radius 2 is 1.85 bits per heavy atom. The Morgan fingerprint density at radius 3 is 2.44 bits per heavy atom. The van der Waals surface area contributed by atoms with E-state index >= 15 is 0 Å². The van der Waals surface area contributed by atoms with Gasteiger partial charge in [-0.3, -0.25) is 4.79 Å². The number of amides is 1. The van der Waals surface area contributed by atoms with Gasteiger partial charge in [0.2, 0.25) is 15.9 Å². The molecule has 0 radical (unpaired) electrons. The van der Waals surface area contributed by atoms with Crippen LogP contribution < -0.4 is 9.46 Å². The van der Waals surface area contributed by atoms with Crippen LogP contribution in [0.3, 0.4) is 0 Å². The van der Waals surface area contributed by atoms with Crippen molar-refractivity contribution in [3.8, 4) is 16.9 Å². The number of benzene rings is 2. The van der Waals surface area contributed by atoms with Crippen molar-refractivity contribution >= 4 is 15.9 Å². The molecule has 2 aromatic carbocycles. The van der Waals surface area contributed by atoms with Crippen LogP contribution in [0.15, 0.2) is 48.5 Å². The summed E-state index contributed by atoms with van der Waals surface area (Å²) in [4.78, 5) is 15.2. The van der Waals surface area contributed by atoms with E-state index in [0.717, 1.165) is 35.3 Å². The van der Waals surface area contributed by atoms with Crippen molar-refractivity contribution in [1.29, 1.82) is 0 Å². The zero-order valence-corrected chi connectivity index (χ0v) is 20.4. The third kappa shape index (κ3) is 4.33. The summed E-state index contributed by atoms with van der Waals surface area (Å²) >= 11 is 0. The highest BCUT2D eigenvalue weighted by atomic mass is 32.2. The van der Waals surface area contributed by atoms with Crippen LogP contribution in [-0.4, -0.2) is 57.4 Å². The van der Waals surface area contributed by atoms with Crippen molar-refractivity contribution in [3.63, 3.8) is 0 Å². The number of carbonyl (C=O) groups excluding carboxylic acids is 1. The Kier molecular flexibility index (Phi) is 5.92. The van der Waals surface area contributed by atoms with Crippen LogP contribution in [0.4, 0.5) is 4.39 Å². The van der Waals surface area contributed by atoms with Crippen LogP contribution in [-0.2, 0) is 21.2 Å². The summed E-state index contributed by atoms with van der Waals surface area (Å²) in [5.74, 6) is 0.354. The van der Waals surface area contributed by atoms with Crippen LogP contribution in [0.5, 0.6) is 5.75 Å². The van der Waals surface area contributed by atoms with Crippen LogP contribution in [0, 0.1) is 11.3 Å². The molecule has 2 aliphatic carbocycles. The smallest absolute Gasteiger partial charge is 0.226 e. The molecule has 6 nitrogen and oxygen atoms in total. The summed E-state index contributed by atoms with van der Waals surface area (Å²) < 4.78 is 46.8. The molecule has 1 heterocycles. The number of methoxy groups -OCH3 is 1. The summed E-state index contributed by atoms with van der Waals surface area (Å²) in [7, 11) is -1.85. The molecule has 5 rings (SSSR count). The van der Waals surface area contributed by atoms with Gasteiger partial charge in [-0.1, -0.05) is 48.5 Å². The molecule has 1 N–H and O–H groups in total. The Balaban J connectivity index is 1.52. The molecule has 1 amide bonds. The SMILES string of the molecule is COc1c(C[C@H]2[C@@H](NS(C)(=O)=O)C3(CC3)CN2C(=O)C2CC(F)C2)cccc1-c1ccccc1. The molecule has 34 heavy (non-hydrogen) atoms. The summed E-state index contributed by atoms with van der Waals surface area (Å²) in [6.07, 6.45) is 2.96. The van der Waals surface area contributed by atoms with Gasteiger partial charge in [0, 0.05) is 29.5 Å². The standard InChI is InChI=1S/C26H31FN2O4S/c1-33-23-18(9-6-10-21(23)17-7-4-3-5-8-17)15-22-24(28-34(2,31)32)26(11-12-26)16-29(22)25(30)19-13-20(27)14-19/h3-10,19-20,22,24,28H,11-16H2,1-2H3/t19?,20?,22-,24+/m0/s1. The van der Waals surface area contributed by atoms with E-state index in [1.54, 1.807) is 7.11 Å². The van der Waals surface area contributed by atoms with E-state index in [0.29, 0.717) is 13.0 Å². The zero-order chi connectivity index (χ0) is 24.1. The monoisotopic (exact) mass is 486 g/mol. The predicted octanol–water partition coefficient (Wildman–Crippen LogP) is 3.56. The highest BCUT2D eigenvalue weighted by molar-refractivity contribution is 7.88. The lowest BCUT2D eigenvalue weighted by Gasteiger charge is -2.36. The third-order valence-electron chi connectivity index (χ3n) is 7.69. The number of alkyl halides is 1. The molecule has 2 saturated carbocycles. The topological polar surface area (TPSA) is 75.7 Å². The molecule has 8 heteroatoms. The number of hydrogen-bond acceptors (Lipinski definition) is 4. The molecule has 0 unspecified atom stereocenters. The van der Waals surface area contributed by atoms with E-state index in [4.69, 9.17) is 4.74 Å². The van der Waals surface area contributed by atoms with E-state index in [2.05, 4.69) is 4.72 Å². The maximum absolute atomic E-state index is 13.5. The molecule has 1 aliphatic heterocycles. The molecule has 0 bridgehead atoms. The first-order valence-corrected chi connectivity index (χ1v) is 13.7. The second kappa shape index (κ2) is 8.64. The lowest BCUT2D eigenvalue weighted by atomic mass is 9.82. The maximum Gasteiger partial charge on any atom is 0.226 e. The minimum Gasteiger partial charge on any atom is -0.496 e. The molecule has 1 spiro atoms. The van der Waals surface area contributed by atoms with E-state index in [-0.39, 0.29) is 42.2 Å². The predicted molar refractivity (Wildman–Crippen MR) is 129 cm³/mol. The number of halogens is 1. The molecule has 1 saturated heterocycles. The number of carbonyl (C=O) groups is 1. The number of hydrogen-bond donors (Lipinski definition) is 1. The third-order valence-corrected chi connectivity index (χ3v) is 8.37. The first-order valence-electron chi connectivity index (χ1n) is 11.8. The van der Waals surface area contributed by atoms with Crippen molar-refractivity contribution in [1.82, 2.24) is 9.62 Å². The van der Waals surface area contributed by atoms with Crippen LogP contribution >= 0.6 is 0 Å². The first-order chi connectivity index (χ1) is 16.2. The number of ether oxygens (including phenoxy) is 1. The lowest BCUT2D eigenvalue weighted by Crippen LogP contribution is -2.51. The number of nitrogens with one attached hydrogen (secondary N) is 1. The average molecular weight is 487 g/mol. The van der Waals surface area contributed by atoms with Crippen LogP contribution in [0.2, 0.25) is 0 Å². The van der Waals surface area contributed by atoms with Gasteiger partial charge in [-0.2, -0.15) is 0 Å². The van der Waals surface area contributed by atoms with E-state index in [9.17, 15) is 17.6 Å². The Hall–Kier alpha value is -2.45. The van der Waals surface area contributed by atoms with Crippen molar-refractivity contribution in [2.24, 2.45) is 11.3 Å². The van der Waals surface area contributed by atoms with Gasteiger partial charge < -0.3 is 9.64 Å². The Morgan fingerprint density at radius 1 is 1.15 bits per heavy atom. The molecular weight excluding hydrogens is 455 g/mol. The van der Waals surface area contributed by atoms with E-state index in [1.165, 1.54) is 6.26 Å². The van der Waals surface area contributed by atoms with Gasteiger partial charge in [0.1, 0.15) is 11.9 Å². The molecule has 3 aliphatic rings. The molecule has 0 aromatic heterocycles. The Labute approximate surface area is 200 Å². The number of nitrogens with zero attached hydrogens (tertiary/aromatic N) is 1. The largest absolute Gasteiger partial charge is 0.496 e.